The van der Waals surface area contributed by atoms with Crippen LogP contribution in [0.5, 0.6) is 5.75 Å². The molecule has 96 valence electrons. The fraction of sp³-hybridized carbons (Fsp3) is 0.571. The topological polar surface area (TPSA) is 41.5 Å². The zero-order valence-corrected chi connectivity index (χ0v) is 11.4. The molecule has 1 aromatic carbocycles. The lowest BCUT2D eigenvalue weighted by atomic mass is 10.0. The quantitative estimate of drug-likeness (QED) is 0.826. The summed E-state index contributed by atoms with van der Waals surface area (Å²) in [6, 6.07) is 6.31. The van der Waals surface area contributed by atoms with E-state index in [4.69, 9.17) is 4.74 Å². The molecule has 1 aromatic rings. The summed E-state index contributed by atoms with van der Waals surface area (Å²) in [6.07, 6.45) is 0. The molecule has 1 rings (SSSR count). The Bertz CT molecular complexity index is 369. The summed E-state index contributed by atoms with van der Waals surface area (Å²) in [6.45, 7) is 8.24. The van der Waals surface area contributed by atoms with Crippen LogP contribution in [0.15, 0.2) is 18.2 Å². The summed E-state index contributed by atoms with van der Waals surface area (Å²) in [5.41, 5.74) is 1.59. The molecule has 0 fully saturated rings. The number of nitrogens with one attached hydrogen (secondary N) is 1. The second-order valence-electron chi connectivity index (χ2n) is 5.16. The van der Waals surface area contributed by atoms with E-state index in [0.29, 0.717) is 6.54 Å². The summed E-state index contributed by atoms with van der Waals surface area (Å²) in [4.78, 5) is 0. The van der Waals surface area contributed by atoms with E-state index in [1.807, 2.05) is 13.0 Å². The molecule has 17 heavy (non-hydrogen) atoms. The molecule has 0 spiro atoms. The third kappa shape index (κ3) is 4.36. The molecule has 1 unspecified atom stereocenters. The maximum Gasteiger partial charge on any atom is 0.123 e. The zero-order valence-electron chi connectivity index (χ0n) is 11.4. The van der Waals surface area contributed by atoms with E-state index >= 15 is 0 Å². The van der Waals surface area contributed by atoms with Crippen molar-refractivity contribution in [2.75, 3.05) is 13.7 Å². The van der Waals surface area contributed by atoms with Crippen LogP contribution in [0, 0.1) is 6.92 Å². The van der Waals surface area contributed by atoms with Gasteiger partial charge in [0.2, 0.25) is 0 Å². The minimum Gasteiger partial charge on any atom is -0.496 e. The summed E-state index contributed by atoms with van der Waals surface area (Å²) in [5.74, 6) is 0.890. The van der Waals surface area contributed by atoms with Gasteiger partial charge in [-0.2, -0.15) is 0 Å². The number of aliphatic hydroxyl groups is 1. The van der Waals surface area contributed by atoms with Gasteiger partial charge in [-0.25, -0.2) is 0 Å². The van der Waals surface area contributed by atoms with Crippen molar-refractivity contribution in [3.05, 3.63) is 29.3 Å². The molecule has 0 saturated carbocycles. The van der Waals surface area contributed by atoms with Gasteiger partial charge >= 0.3 is 0 Å². The Kier molecular flexibility index (Phi) is 4.54. The number of hydrogen-bond donors (Lipinski definition) is 2. The smallest absolute Gasteiger partial charge is 0.123 e. The van der Waals surface area contributed by atoms with Gasteiger partial charge in [-0.15, -0.1) is 0 Å². The third-order valence-electron chi connectivity index (χ3n) is 2.70. The van der Waals surface area contributed by atoms with Gasteiger partial charge in [-0.1, -0.05) is 12.1 Å². The lowest BCUT2D eigenvalue weighted by molar-refractivity contribution is 0.0769. The summed E-state index contributed by atoms with van der Waals surface area (Å²) >= 11 is 0. The van der Waals surface area contributed by atoms with Crippen LogP contribution in [-0.4, -0.2) is 24.4 Å². The van der Waals surface area contributed by atoms with E-state index < -0.39 is 5.60 Å². The largest absolute Gasteiger partial charge is 0.496 e. The molecular weight excluding hydrogens is 214 g/mol. The van der Waals surface area contributed by atoms with Crippen LogP contribution in [-0.2, 0) is 0 Å². The second-order valence-corrected chi connectivity index (χ2v) is 5.16. The Morgan fingerprint density at radius 1 is 1.41 bits per heavy atom. The number of hydrogen-bond acceptors (Lipinski definition) is 3. The van der Waals surface area contributed by atoms with Crippen LogP contribution in [0.2, 0.25) is 0 Å². The standard InChI is InChI=1S/C14H23NO2/c1-10-6-7-12(13(8-10)17-5)11(2)15-9-14(3,4)16/h6-8,11,15-16H,9H2,1-5H3. The lowest BCUT2D eigenvalue weighted by Gasteiger charge is -2.23. The van der Waals surface area contributed by atoms with Crippen molar-refractivity contribution < 1.29 is 9.84 Å². The Balaban J connectivity index is 2.78. The molecule has 1 atom stereocenters. The van der Waals surface area contributed by atoms with Crippen molar-refractivity contribution >= 4 is 0 Å². The van der Waals surface area contributed by atoms with Crippen molar-refractivity contribution in [2.24, 2.45) is 0 Å². The second kappa shape index (κ2) is 5.52. The Morgan fingerprint density at radius 2 is 2.06 bits per heavy atom. The maximum absolute atomic E-state index is 9.69. The van der Waals surface area contributed by atoms with Gasteiger partial charge < -0.3 is 15.2 Å². The van der Waals surface area contributed by atoms with Crippen LogP contribution in [0.25, 0.3) is 0 Å². The maximum atomic E-state index is 9.69. The third-order valence-corrected chi connectivity index (χ3v) is 2.70. The van der Waals surface area contributed by atoms with E-state index in [1.54, 1.807) is 21.0 Å². The van der Waals surface area contributed by atoms with Crippen molar-refractivity contribution in [3.63, 3.8) is 0 Å². The van der Waals surface area contributed by atoms with Gasteiger partial charge in [-0.05, 0) is 39.3 Å². The average molecular weight is 237 g/mol. The molecular formula is C14H23NO2. The molecule has 3 nitrogen and oxygen atoms in total. The number of methoxy groups -OCH3 is 1. The van der Waals surface area contributed by atoms with Crippen molar-refractivity contribution in [2.45, 2.75) is 39.3 Å². The molecule has 3 heteroatoms. The first-order valence-electron chi connectivity index (χ1n) is 5.94. The van der Waals surface area contributed by atoms with Crippen LogP contribution < -0.4 is 10.1 Å². The number of ether oxygens (including phenoxy) is 1. The van der Waals surface area contributed by atoms with Gasteiger partial charge in [0.15, 0.2) is 0 Å². The lowest BCUT2D eigenvalue weighted by Crippen LogP contribution is -2.36. The van der Waals surface area contributed by atoms with E-state index in [-0.39, 0.29) is 6.04 Å². The van der Waals surface area contributed by atoms with E-state index in [2.05, 4.69) is 24.4 Å². The van der Waals surface area contributed by atoms with Crippen molar-refractivity contribution in [1.29, 1.82) is 0 Å². The molecule has 0 bridgehead atoms. The van der Waals surface area contributed by atoms with Gasteiger partial charge in [0, 0.05) is 18.2 Å². The molecule has 0 amide bonds. The van der Waals surface area contributed by atoms with Crippen molar-refractivity contribution in [3.8, 4) is 5.75 Å². The molecule has 0 aliphatic carbocycles. The van der Waals surface area contributed by atoms with Gasteiger partial charge in [-0.3, -0.25) is 0 Å². The molecule has 0 aromatic heterocycles. The van der Waals surface area contributed by atoms with Crippen LogP contribution in [0.3, 0.4) is 0 Å². The van der Waals surface area contributed by atoms with Crippen LogP contribution >= 0.6 is 0 Å². The first kappa shape index (κ1) is 14.0. The number of aryl methyl sites for hydroxylation is 1. The number of benzene rings is 1. The van der Waals surface area contributed by atoms with E-state index in [0.717, 1.165) is 11.3 Å². The summed E-state index contributed by atoms with van der Waals surface area (Å²) in [5, 5.41) is 13.0. The minimum absolute atomic E-state index is 0.150. The predicted molar refractivity (Wildman–Crippen MR) is 70.4 cm³/mol. The fourth-order valence-electron chi connectivity index (χ4n) is 1.69. The Labute approximate surface area is 104 Å². The molecule has 2 N–H and O–H groups in total. The van der Waals surface area contributed by atoms with Crippen LogP contribution in [0.1, 0.15) is 37.9 Å². The van der Waals surface area contributed by atoms with Crippen molar-refractivity contribution in [1.82, 2.24) is 5.32 Å². The highest BCUT2D eigenvalue weighted by atomic mass is 16.5. The Hall–Kier alpha value is -1.06. The first-order valence-corrected chi connectivity index (χ1v) is 5.94. The van der Waals surface area contributed by atoms with Gasteiger partial charge in [0.05, 0.1) is 12.7 Å². The van der Waals surface area contributed by atoms with E-state index in [1.165, 1.54) is 5.56 Å². The van der Waals surface area contributed by atoms with E-state index in [9.17, 15) is 5.11 Å². The molecule has 0 heterocycles. The first-order chi connectivity index (χ1) is 7.83. The normalized spacial score (nSPS) is 13.5. The zero-order chi connectivity index (χ0) is 13.1. The highest BCUT2D eigenvalue weighted by Gasteiger charge is 2.16. The number of rotatable bonds is 5. The SMILES string of the molecule is COc1cc(C)ccc1C(C)NCC(C)(C)O. The minimum atomic E-state index is -0.702. The molecule has 0 saturated heterocycles. The monoisotopic (exact) mass is 237 g/mol. The predicted octanol–water partition coefficient (Wildman–Crippen LogP) is 2.43. The van der Waals surface area contributed by atoms with Gasteiger partial charge in [0.25, 0.3) is 0 Å². The van der Waals surface area contributed by atoms with Crippen LogP contribution in [0.4, 0.5) is 0 Å². The highest BCUT2D eigenvalue weighted by molar-refractivity contribution is 5.39. The average Bonchev–Trinajstić information content (AvgIpc) is 2.24. The van der Waals surface area contributed by atoms with Gasteiger partial charge in [0.1, 0.15) is 5.75 Å². The molecule has 0 aliphatic heterocycles. The molecule has 0 aliphatic rings. The highest BCUT2D eigenvalue weighted by Crippen LogP contribution is 2.26. The summed E-state index contributed by atoms with van der Waals surface area (Å²) in [7, 11) is 1.68. The molecule has 0 radical (unpaired) electrons. The fourth-order valence-corrected chi connectivity index (χ4v) is 1.69. The Morgan fingerprint density at radius 3 is 2.59 bits per heavy atom. The summed E-state index contributed by atoms with van der Waals surface area (Å²) < 4.78 is 5.38.